The third-order valence-corrected chi connectivity index (χ3v) is 5.06. The molecule has 4 rings (SSSR count). The second-order valence-corrected chi connectivity index (χ2v) is 6.94. The lowest BCUT2D eigenvalue weighted by Crippen LogP contribution is -2.34. The van der Waals surface area contributed by atoms with Crippen LogP contribution in [0.25, 0.3) is 10.9 Å². The molecule has 1 aliphatic heterocycles. The Labute approximate surface area is 157 Å². The molecule has 138 valence electrons. The first-order chi connectivity index (χ1) is 13.2. The van der Waals surface area contributed by atoms with Gasteiger partial charge in [0.2, 0.25) is 11.8 Å². The minimum absolute atomic E-state index is 0.0413. The summed E-state index contributed by atoms with van der Waals surface area (Å²) in [5, 5.41) is 4.11. The van der Waals surface area contributed by atoms with E-state index in [-0.39, 0.29) is 24.2 Å². The predicted molar refractivity (Wildman–Crippen MR) is 103 cm³/mol. The number of amides is 2. The number of benzene rings is 1. The van der Waals surface area contributed by atoms with Crippen LogP contribution >= 0.6 is 0 Å². The van der Waals surface area contributed by atoms with Crippen LogP contribution in [-0.2, 0) is 22.6 Å². The molecule has 0 aliphatic carbocycles. The molecule has 0 saturated carbocycles. The van der Waals surface area contributed by atoms with Crippen molar-refractivity contribution >= 4 is 22.7 Å². The first-order valence-corrected chi connectivity index (χ1v) is 9.20. The van der Waals surface area contributed by atoms with Crippen LogP contribution < -0.4 is 5.32 Å². The molecule has 3 aromatic rings. The molecule has 0 radical (unpaired) electrons. The highest BCUT2D eigenvalue weighted by Gasteiger charge is 2.33. The number of nitrogens with one attached hydrogen (secondary N) is 2. The highest BCUT2D eigenvalue weighted by atomic mass is 16.2. The summed E-state index contributed by atoms with van der Waals surface area (Å²) in [5.41, 5.74) is 3.23. The maximum absolute atomic E-state index is 12.5. The van der Waals surface area contributed by atoms with Gasteiger partial charge in [0.1, 0.15) is 0 Å². The van der Waals surface area contributed by atoms with Crippen LogP contribution in [0.5, 0.6) is 0 Å². The summed E-state index contributed by atoms with van der Waals surface area (Å²) in [6.45, 7) is 1.60. The Balaban J connectivity index is 1.29. The van der Waals surface area contributed by atoms with E-state index in [0.29, 0.717) is 19.6 Å². The summed E-state index contributed by atoms with van der Waals surface area (Å²) < 4.78 is 0. The molecule has 2 amide bonds. The highest BCUT2D eigenvalue weighted by Crippen LogP contribution is 2.21. The van der Waals surface area contributed by atoms with Gasteiger partial charge in [0.05, 0.1) is 17.6 Å². The van der Waals surface area contributed by atoms with Crippen LogP contribution in [0.1, 0.15) is 17.5 Å². The average Bonchev–Trinajstić information content (AvgIpc) is 3.27. The topological polar surface area (TPSA) is 78.1 Å². The van der Waals surface area contributed by atoms with Crippen molar-refractivity contribution in [2.75, 3.05) is 13.1 Å². The van der Waals surface area contributed by atoms with E-state index in [1.54, 1.807) is 17.3 Å². The second kappa shape index (κ2) is 7.61. The van der Waals surface area contributed by atoms with Gasteiger partial charge in [-0.15, -0.1) is 0 Å². The smallest absolute Gasteiger partial charge is 0.225 e. The number of H-pyrrole nitrogens is 1. The van der Waals surface area contributed by atoms with Gasteiger partial charge in [0, 0.05) is 43.8 Å². The monoisotopic (exact) mass is 362 g/mol. The summed E-state index contributed by atoms with van der Waals surface area (Å²) in [4.78, 5) is 33.8. The van der Waals surface area contributed by atoms with Gasteiger partial charge in [-0.05, 0) is 23.6 Å². The number of fused-ring (bicyclic) bond motifs is 1. The van der Waals surface area contributed by atoms with Crippen molar-refractivity contribution < 1.29 is 9.59 Å². The molecule has 1 unspecified atom stereocenters. The minimum atomic E-state index is -0.270. The number of hydrogen-bond acceptors (Lipinski definition) is 3. The Hall–Kier alpha value is -3.15. The molecule has 6 nitrogen and oxygen atoms in total. The van der Waals surface area contributed by atoms with Crippen molar-refractivity contribution in [1.82, 2.24) is 20.2 Å². The second-order valence-electron chi connectivity index (χ2n) is 6.94. The Kier molecular flexibility index (Phi) is 4.87. The SMILES string of the molecule is O=C(NCCc1c[nH]c2cnccc12)C1CC(=O)N(Cc2ccccc2)C1. The number of carbonyl (C=O) groups excluding carboxylic acids is 2. The van der Waals surface area contributed by atoms with Gasteiger partial charge in [-0.3, -0.25) is 14.6 Å². The average molecular weight is 362 g/mol. The van der Waals surface area contributed by atoms with Crippen molar-refractivity contribution in [2.24, 2.45) is 5.92 Å². The molecule has 2 aromatic heterocycles. The van der Waals surface area contributed by atoms with Crippen molar-refractivity contribution in [1.29, 1.82) is 0 Å². The number of nitrogens with zero attached hydrogens (tertiary/aromatic N) is 2. The largest absolute Gasteiger partial charge is 0.360 e. The summed E-state index contributed by atoms with van der Waals surface area (Å²) >= 11 is 0. The molecule has 27 heavy (non-hydrogen) atoms. The van der Waals surface area contributed by atoms with Crippen LogP contribution in [-0.4, -0.2) is 39.8 Å². The molecule has 0 bridgehead atoms. The number of pyridine rings is 1. The van der Waals surface area contributed by atoms with E-state index in [1.807, 2.05) is 42.6 Å². The maximum atomic E-state index is 12.5. The number of hydrogen-bond donors (Lipinski definition) is 2. The Morgan fingerprint density at radius 3 is 2.96 bits per heavy atom. The minimum Gasteiger partial charge on any atom is -0.360 e. The van der Waals surface area contributed by atoms with Crippen LogP contribution in [0.2, 0.25) is 0 Å². The zero-order valence-corrected chi connectivity index (χ0v) is 15.0. The van der Waals surface area contributed by atoms with E-state index in [4.69, 9.17) is 0 Å². The normalized spacial score (nSPS) is 16.8. The fraction of sp³-hybridized carbons (Fsp3) is 0.286. The van der Waals surface area contributed by atoms with E-state index in [0.717, 1.165) is 28.5 Å². The van der Waals surface area contributed by atoms with Crippen molar-refractivity contribution in [2.45, 2.75) is 19.4 Å². The highest BCUT2D eigenvalue weighted by molar-refractivity contribution is 5.89. The molecule has 1 aliphatic rings. The van der Waals surface area contributed by atoms with Crippen LogP contribution in [0.15, 0.2) is 55.0 Å². The lowest BCUT2D eigenvalue weighted by atomic mass is 10.1. The van der Waals surface area contributed by atoms with Gasteiger partial charge in [0.25, 0.3) is 0 Å². The third kappa shape index (κ3) is 3.84. The number of rotatable bonds is 6. The number of aromatic nitrogens is 2. The molecular weight excluding hydrogens is 340 g/mol. The first kappa shape index (κ1) is 17.3. The molecular formula is C21H22N4O2. The van der Waals surface area contributed by atoms with E-state index in [9.17, 15) is 9.59 Å². The molecule has 3 heterocycles. The van der Waals surface area contributed by atoms with Crippen LogP contribution in [0, 0.1) is 5.92 Å². The molecule has 0 spiro atoms. The Morgan fingerprint density at radius 1 is 1.26 bits per heavy atom. The summed E-state index contributed by atoms with van der Waals surface area (Å²) in [6.07, 6.45) is 6.55. The first-order valence-electron chi connectivity index (χ1n) is 9.20. The fourth-order valence-electron chi connectivity index (χ4n) is 3.61. The molecule has 6 heteroatoms. The number of carbonyl (C=O) groups is 2. The van der Waals surface area contributed by atoms with E-state index >= 15 is 0 Å². The van der Waals surface area contributed by atoms with Gasteiger partial charge in [0.15, 0.2) is 0 Å². The number of likely N-dealkylation sites (tertiary alicyclic amines) is 1. The van der Waals surface area contributed by atoms with Gasteiger partial charge in [-0.1, -0.05) is 30.3 Å². The van der Waals surface area contributed by atoms with Crippen LogP contribution in [0.3, 0.4) is 0 Å². The van der Waals surface area contributed by atoms with Gasteiger partial charge in [-0.2, -0.15) is 0 Å². The quantitative estimate of drug-likeness (QED) is 0.706. The summed E-state index contributed by atoms with van der Waals surface area (Å²) in [5.74, 6) is -0.267. The lowest BCUT2D eigenvalue weighted by Gasteiger charge is -2.16. The lowest BCUT2D eigenvalue weighted by molar-refractivity contribution is -0.129. The molecule has 1 fully saturated rings. The van der Waals surface area contributed by atoms with E-state index in [1.165, 1.54) is 0 Å². The standard InChI is InChI=1S/C21H22N4O2/c26-20-10-17(14-25(20)13-15-4-2-1-3-5-15)21(27)23-9-6-16-11-24-19-12-22-8-7-18(16)19/h1-5,7-8,11-12,17,24H,6,9-10,13-14H2,(H,23,27). The third-order valence-electron chi connectivity index (χ3n) is 5.06. The van der Waals surface area contributed by atoms with Gasteiger partial charge in [-0.25, -0.2) is 0 Å². The zero-order chi connectivity index (χ0) is 18.6. The fourth-order valence-corrected chi connectivity index (χ4v) is 3.61. The molecule has 1 saturated heterocycles. The van der Waals surface area contributed by atoms with E-state index < -0.39 is 0 Å². The van der Waals surface area contributed by atoms with Crippen molar-refractivity contribution in [3.05, 3.63) is 66.1 Å². The zero-order valence-electron chi connectivity index (χ0n) is 15.0. The predicted octanol–water partition coefficient (Wildman–Crippen LogP) is 2.27. The van der Waals surface area contributed by atoms with Crippen LogP contribution in [0.4, 0.5) is 0 Å². The Morgan fingerprint density at radius 2 is 2.11 bits per heavy atom. The number of aromatic amines is 1. The van der Waals surface area contributed by atoms with E-state index in [2.05, 4.69) is 15.3 Å². The van der Waals surface area contributed by atoms with Gasteiger partial charge < -0.3 is 15.2 Å². The summed E-state index contributed by atoms with van der Waals surface area (Å²) in [6, 6.07) is 11.8. The van der Waals surface area contributed by atoms with Gasteiger partial charge >= 0.3 is 0 Å². The summed E-state index contributed by atoms with van der Waals surface area (Å²) in [7, 11) is 0. The van der Waals surface area contributed by atoms with Crippen molar-refractivity contribution in [3.63, 3.8) is 0 Å². The maximum Gasteiger partial charge on any atom is 0.225 e. The molecule has 1 aromatic carbocycles. The molecule has 2 N–H and O–H groups in total. The van der Waals surface area contributed by atoms with Crippen molar-refractivity contribution in [3.8, 4) is 0 Å². The molecule has 1 atom stereocenters. The Bertz CT molecular complexity index is 951.